The lowest BCUT2D eigenvalue weighted by Crippen LogP contribution is -2.30. The average Bonchev–Trinajstić information content (AvgIpc) is 2.24. The van der Waals surface area contributed by atoms with Crippen molar-refractivity contribution in [1.29, 1.82) is 0 Å². The first kappa shape index (κ1) is 16.0. The standard InChI is InChI=1S/C16H28N2O/c1-16(2,3)12-8-9-13(15(19)10-12)14(18(6)7)11-17(4)5/h8-10,14,19H,11H2,1-7H3. The molecule has 1 N–H and O–H groups in total. The second kappa shape index (κ2) is 5.93. The van der Waals surface area contributed by atoms with Crippen LogP contribution in [0.25, 0.3) is 0 Å². The molecule has 0 saturated heterocycles. The highest BCUT2D eigenvalue weighted by Gasteiger charge is 2.21. The van der Waals surface area contributed by atoms with Crippen molar-refractivity contribution < 1.29 is 5.11 Å². The van der Waals surface area contributed by atoms with Gasteiger partial charge in [-0.1, -0.05) is 32.9 Å². The monoisotopic (exact) mass is 264 g/mol. The van der Waals surface area contributed by atoms with E-state index in [1.807, 2.05) is 20.2 Å². The van der Waals surface area contributed by atoms with Crippen LogP contribution in [-0.2, 0) is 5.41 Å². The summed E-state index contributed by atoms with van der Waals surface area (Å²) in [5.74, 6) is 0.396. The fourth-order valence-electron chi connectivity index (χ4n) is 2.18. The van der Waals surface area contributed by atoms with E-state index in [2.05, 4.69) is 56.8 Å². The van der Waals surface area contributed by atoms with Gasteiger partial charge in [-0.05, 0) is 45.2 Å². The number of hydrogen-bond acceptors (Lipinski definition) is 3. The van der Waals surface area contributed by atoms with E-state index in [0.717, 1.165) is 17.7 Å². The van der Waals surface area contributed by atoms with E-state index in [0.29, 0.717) is 5.75 Å². The molecule has 0 radical (unpaired) electrons. The Bertz CT molecular complexity index is 419. The van der Waals surface area contributed by atoms with Gasteiger partial charge in [0.25, 0.3) is 0 Å². The lowest BCUT2D eigenvalue weighted by molar-refractivity contribution is 0.227. The molecule has 0 spiro atoms. The van der Waals surface area contributed by atoms with Crippen LogP contribution in [0.2, 0.25) is 0 Å². The molecule has 3 nitrogen and oxygen atoms in total. The molecule has 0 aromatic heterocycles. The number of phenolic OH excluding ortho intramolecular Hbond substituents is 1. The zero-order chi connectivity index (χ0) is 14.8. The van der Waals surface area contributed by atoms with Crippen molar-refractivity contribution >= 4 is 0 Å². The molecule has 1 aromatic rings. The van der Waals surface area contributed by atoms with E-state index < -0.39 is 0 Å². The Labute approximate surface area is 117 Å². The van der Waals surface area contributed by atoms with E-state index in [1.165, 1.54) is 0 Å². The number of benzene rings is 1. The minimum Gasteiger partial charge on any atom is -0.508 e. The average molecular weight is 264 g/mol. The molecule has 0 heterocycles. The highest BCUT2D eigenvalue weighted by atomic mass is 16.3. The fourth-order valence-corrected chi connectivity index (χ4v) is 2.18. The van der Waals surface area contributed by atoms with Crippen LogP contribution in [0.15, 0.2) is 18.2 Å². The third kappa shape index (κ3) is 4.22. The predicted molar refractivity (Wildman–Crippen MR) is 81.8 cm³/mol. The summed E-state index contributed by atoms with van der Waals surface area (Å²) in [5.41, 5.74) is 2.22. The molecule has 0 aliphatic rings. The largest absolute Gasteiger partial charge is 0.508 e. The van der Waals surface area contributed by atoms with Gasteiger partial charge in [0.15, 0.2) is 0 Å². The van der Waals surface area contributed by atoms with Crippen LogP contribution in [0.5, 0.6) is 5.75 Å². The van der Waals surface area contributed by atoms with E-state index in [4.69, 9.17) is 0 Å². The van der Waals surface area contributed by atoms with E-state index >= 15 is 0 Å². The molecule has 1 unspecified atom stereocenters. The second-order valence-corrected chi connectivity index (χ2v) is 6.77. The van der Waals surface area contributed by atoms with Crippen LogP contribution >= 0.6 is 0 Å². The number of nitrogens with zero attached hydrogens (tertiary/aromatic N) is 2. The molecule has 3 heteroatoms. The van der Waals surface area contributed by atoms with Crippen LogP contribution in [-0.4, -0.2) is 49.6 Å². The Kier molecular flexibility index (Phi) is 4.99. The smallest absolute Gasteiger partial charge is 0.120 e. The molecule has 0 amide bonds. The molecule has 0 aliphatic heterocycles. The molecule has 0 saturated carbocycles. The maximum atomic E-state index is 10.3. The molecule has 0 aliphatic carbocycles. The normalized spacial score (nSPS) is 14.2. The summed E-state index contributed by atoms with van der Waals surface area (Å²) in [6.07, 6.45) is 0. The first-order valence-electron chi connectivity index (χ1n) is 6.77. The molecule has 1 aromatic carbocycles. The lowest BCUT2D eigenvalue weighted by Gasteiger charge is -2.29. The fraction of sp³-hybridized carbons (Fsp3) is 0.625. The van der Waals surface area contributed by atoms with Crippen LogP contribution in [0, 0.1) is 0 Å². The summed E-state index contributed by atoms with van der Waals surface area (Å²) in [7, 11) is 8.20. The third-order valence-electron chi connectivity index (χ3n) is 3.42. The number of hydrogen-bond donors (Lipinski definition) is 1. The van der Waals surface area contributed by atoms with Crippen LogP contribution in [0.3, 0.4) is 0 Å². The Morgan fingerprint density at radius 1 is 1.11 bits per heavy atom. The summed E-state index contributed by atoms with van der Waals surface area (Å²) in [6, 6.07) is 6.29. The third-order valence-corrected chi connectivity index (χ3v) is 3.42. The highest BCUT2D eigenvalue weighted by Crippen LogP contribution is 2.32. The maximum Gasteiger partial charge on any atom is 0.120 e. The van der Waals surface area contributed by atoms with E-state index in [1.54, 1.807) is 0 Å². The summed E-state index contributed by atoms with van der Waals surface area (Å²) < 4.78 is 0. The van der Waals surface area contributed by atoms with Gasteiger partial charge in [0.1, 0.15) is 5.75 Å². The lowest BCUT2D eigenvalue weighted by atomic mass is 9.85. The Morgan fingerprint density at radius 2 is 1.68 bits per heavy atom. The molecule has 108 valence electrons. The first-order valence-corrected chi connectivity index (χ1v) is 6.77. The number of phenols is 1. The van der Waals surface area contributed by atoms with Gasteiger partial charge in [-0.15, -0.1) is 0 Å². The van der Waals surface area contributed by atoms with Crippen LogP contribution in [0.1, 0.15) is 37.9 Å². The Morgan fingerprint density at radius 3 is 2.05 bits per heavy atom. The zero-order valence-electron chi connectivity index (χ0n) is 13.4. The molecule has 0 fully saturated rings. The van der Waals surface area contributed by atoms with Gasteiger partial charge in [0.2, 0.25) is 0 Å². The van der Waals surface area contributed by atoms with Crippen molar-refractivity contribution in [1.82, 2.24) is 9.80 Å². The van der Waals surface area contributed by atoms with Gasteiger partial charge in [-0.2, -0.15) is 0 Å². The Hall–Kier alpha value is -1.06. The maximum absolute atomic E-state index is 10.3. The summed E-state index contributed by atoms with van der Waals surface area (Å²) in [6.45, 7) is 7.36. The van der Waals surface area contributed by atoms with Gasteiger partial charge >= 0.3 is 0 Å². The highest BCUT2D eigenvalue weighted by molar-refractivity contribution is 5.41. The SMILES string of the molecule is CN(C)CC(c1ccc(C(C)(C)C)cc1O)N(C)C. The van der Waals surface area contributed by atoms with Gasteiger partial charge < -0.3 is 14.9 Å². The zero-order valence-corrected chi connectivity index (χ0v) is 13.4. The van der Waals surface area contributed by atoms with Gasteiger partial charge in [0.05, 0.1) is 6.04 Å². The molecule has 0 bridgehead atoms. The van der Waals surface area contributed by atoms with Crippen molar-refractivity contribution in [2.45, 2.75) is 32.2 Å². The second-order valence-electron chi connectivity index (χ2n) is 6.77. The molecular formula is C16H28N2O. The number of likely N-dealkylation sites (N-methyl/N-ethyl adjacent to an activating group) is 2. The van der Waals surface area contributed by atoms with Crippen molar-refractivity contribution in [2.75, 3.05) is 34.7 Å². The molecule has 1 rings (SSSR count). The summed E-state index contributed by atoms with van der Waals surface area (Å²) in [5, 5.41) is 10.3. The van der Waals surface area contributed by atoms with E-state index in [-0.39, 0.29) is 11.5 Å². The van der Waals surface area contributed by atoms with Crippen molar-refractivity contribution in [3.05, 3.63) is 29.3 Å². The number of aromatic hydroxyl groups is 1. The summed E-state index contributed by atoms with van der Waals surface area (Å²) >= 11 is 0. The van der Waals surface area contributed by atoms with Crippen molar-refractivity contribution in [2.24, 2.45) is 0 Å². The predicted octanol–water partition coefficient (Wildman–Crippen LogP) is 2.85. The van der Waals surface area contributed by atoms with Crippen molar-refractivity contribution in [3.8, 4) is 5.75 Å². The minimum atomic E-state index is 0.0607. The quantitative estimate of drug-likeness (QED) is 0.906. The topological polar surface area (TPSA) is 26.7 Å². The van der Waals surface area contributed by atoms with Gasteiger partial charge in [-0.3, -0.25) is 0 Å². The van der Waals surface area contributed by atoms with E-state index in [9.17, 15) is 5.11 Å². The summed E-state index contributed by atoms with van der Waals surface area (Å²) in [4.78, 5) is 4.29. The molecule has 1 atom stereocenters. The molecular weight excluding hydrogens is 236 g/mol. The van der Waals surface area contributed by atoms with Gasteiger partial charge in [-0.25, -0.2) is 0 Å². The number of rotatable bonds is 4. The first-order chi connectivity index (χ1) is 8.62. The van der Waals surface area contributed by atoms with Crippen LogP contribution in [0.4, 0.5) is 0 Å². The van der Waals surface area contributed by atoms with Crippen LogP contribution < -0.4 is 0 Å². The Balaban J connectivity index is 3.12. The van der Waals surface area contributed by atoms with Crippen molar-refractivity contribution in [3.63, 3.8) is 0 Å². The molecule has 19 heavy (non-hydrogen) atoms. The van der Waals surface area contributed by atoms with Gasteiger partial charge in [0, 0.05) is 12.1 Å². The minimum absolute atomic E-state index is 0.0607.